The number of nitrogens with zero attached hydrogens (tertiary/aromatic N) is 2. The third kappa shape index (κ3) is 3.15. The van der Waals surface area contributed by atoms with Gasteiger partial charge in [-0.15, -0.1) is 0 Å². The van der Waals surface area contributed by atoms with E-state index in [0.29, 0.717) is 6.04 Å². The van der Waals surface area contributed by atoms with E-state index in [-0.39, 0.29) is 5.60 Å². The first-order chi connectivity index (χ1) is 9.27. The molecular weight excluding hydrogens is 258 g/mol. The molecule has 3 rings (SSSR count). The van der Waals surface area contributed by atoms with Crippen molar-refractivity contribution in [2.45, 2.75) is 37.3 Å². The maximum Gasteiger partial charge on any atom is 0.0795 e. The molecule has 1 spiro atoms. The molecule has 5 heteroatoms. The van der Waals surface area contributed by atoms with Gasteiger partial charge in [0.1, 0.15) is 0 Å². The molecule has 2 aliphatic rings. The summed E-state index contributed by atoms with van der Waals surface area (Å²) in [6.07, 6.45) is 6.49. The number of nitrogens with one attached hydrogen (secondary N) is 1. The van der Waals surface area contributed by atoms with E-state index in [4.69, 9.17) is 4.74 Å². The van der Waals surface area contributed by atoms with E-state index in [2.05, 4.69) is 16.5 Å². The van der Waals surface area contributed by atoms with Gasteiger partial charge in [0.15, 0.2) is 0 Å². The number of thioether (sulfide) groups is 1. The second kappa shape index (κ2) is 5.85. The summed E-state index contributed by atoms with van der Waals surface area (Å²) < 4.78 is 8.01. The fraction of sp³-hybridized carbons (Fsp3) is 0.786. The molecule has 106 valence electrons. The third-order valence-corrected chi connectivity index (χ3v) is 5.52. The molecule has 1 aromatic rings. The van der Waals surface area contributed by atoms with Gasteiger partial charge in [0.25, 0.3) is 0 Å². The summed E-state index contributed by atoms with van der Waals surface area (Å²) in [6, 6.07) is 2.72. The predicted molar refractivity (Wildman–Crippen MR) is 78.6 cm³/mol. The number of hydrogen-bond donors (Lipinski definition) is 1. The number of rotatable bonds is 4. The van der Waals surface area contributed by atoms with Gasteiger partial charge in [-0.3, -0.25) is 4.68 Å². The summed E-state index contributed by atoms with van der Waals surface area (Å²) in [5.74, 6) is 2.45. The van der Waals surface area contributed by atoms with Crippen LogP contribution in [0.1, 0.15) is 25.0 Å². The zero-order valence-electron chi connectivity index (χ0n) is 11.6. The van der Waals surface area contributed by atoms with E-state index >= 15 is 0 Å². The standard InChI is InChI=1S/C14H23N3OS/c1-17-13(3-7-16-17)2-6-15-12-4-8-18-14(10-12)5-9-19-11-14/h3,7,12,15H,2,4-6,8-11H2,1H3. The molecule has 2 atom stereocenters. The highest BCUT2D eigenvalue weighted by atomic mass is 32.2. The zero-order chi connectivity index (χ0) is 13.1. The topological polar surface area (TPSA) is 39.1 Å². The molecule has 0 radical (unpaired) electrons. The number of ether oxygens (including phenoxy) is 1. The van der Waals surface area contributed by atoms with Gasteiger partial charge in [-0.05, 0) is 31.1 Å². The Labute approximate surface area is 119 Å². The lowest BCUT2D eigenvalue weighted by atomic mass is 9.90. The van der Waals surface area contributed by atoms with Crippen LogP contribution in [0, 0.1) is 0 Å². The molecule has 2 unspecified atom stereocenters. The second-order valence-corrected chi connectivity index (χ2v) is 6.78. The van der Waals surface area contributed by atoms with E-state index in [0.717, 1.165) is 26.0 Å². The van der Waals surface area contributed by atoms with Crippen LogP contribution in [0.5, 0.6) is 0 Å². The molecule has 1 N–H and O–H groups in total. The zero-order valence-corrected chi connectivity index (χ0v) is 12.4. The fourth-order valence-electron chi connectivity index (χ4n) is 3.12. The molecule has 0 bridgehead atoms. The highest BCUT2D eigenvalue weighted by Crippen LogP contribution is 2.38. The fourth-order valence-corrected chi connectivity index (χ4v) is 4.49. The van der Waals surface area contributed by atoms with Crippen LogP contribution in [0.15, 0.2) is 12.3 Å². The summed E-state index contributed by atoms with van der Waals surface area (Å²) in [5, 5.41) is 7.91. The van der Waals surface area contributed by atoms with E-state index in [1.54, 1.807) is 0 Å². The molecule has 2 fully saturated rings. The van der Waals surface area contributed by atoms with Crippen molar-refractivity contribution in [3.63, 3.8) is 0 Å². The van der Waals surface area contributed by atoms with Crippen LogP contribution >= 0.6 is 11.8 Å². The van der Waals surface area contributed by atoms with Gasteiger partial charge >= 0.3 is 0 Å². The Hall–Kier alpha value is -0.520. The van der Waals surface area contributed by atoms with Crippen molar-refractivity contribution >= 4 is 11.8 Å². The van der Waals surface area contributed by atoms with Crippen LogP contribution in [0.2, 0.25) is 0 Å². The molecule has 0 aromatic carbocycles. The van der Waals surface area contributed by atoms with Crippen molar-refractivity contribution in [1.82, 2.24) is 15.1 Å². The normalized spacial score (nSPS) is 31.1. The molecule has 2 aliphatic heterocycles. The minimum absolute atomic E-state index is 0.188. The first-order valence-corrected chi connectivity index (χ1v) is 8.35. The Morgan fingerprint density at radius 2 is 2.58 bits per heavy atom. The van der Waals surface area contributed by atoms with E-state index in [1.807, 2.05) is 29.7 Å². The van der Waals surface area contributed by atoms with Crippen molar-refractivity contribution in [3.05, 3.63) is 18.0 Å². The van der Waals surface area contributed by atoms with Crippen LogP contribution in [0.3, 0.4) is 0 Å². The monoisotopic (exact) mass is 281 g/mol. The summed E-state index contributed by atoms with van der Waals surface area (Å²) in [4.78, 5) is 0. The maximum absolute atomic E-state index is 6.05. The van der Waals surface area contributed by atoms with Gasteiger partial charge in [0.05, 0.1) is 5.60 Å². The number of hydrogen-bond acceptors (Lipinski definition) is 4. The molecule has 3 heterocycles. The van der Waals surface area contributed by atoms with Gasteiger partial charge in [-0.1, -0.05) is 0 Å². The average molecular weight is 281 g/mol. The van der Waals surface area contributed by atoms with Gasteiger partial charge in [-0.2, -0.15) is 16.9 Å². The summed E-state index contributed by atoms with van der Waals surface area (Å²) >= 11 is 2.04. The van der Waals surface area contributed by atoms with Gasteiger partial charge in [-0.25, -0.2) is 0 Å². The lowest BCUT2D eigenvalue weighted by Gasteiger charge is -2.38. The largest absolute Gasteiger partial charge is 0.374 e. The SMILES string of the molecule is Cn1nccc1CCNC1CCOC2(CCSC2)C1. The molecule has 0 amide bonds. The number of aromatic nitrogens is 2. The number of aryl methyl sites for hydroxylation is 1. The lowest BCUT2D eigenvalue weighted by Crippen LogP contribution is -2.47. The van der Waals surface area contributed by atoms with Crippen LogP contribution in [-0.2, 0) is 18.2 Å². The predicted octanol–water partition coefficient (Wildman–Crippen LogP) is 1.61. The Morgan fingerprint density at radius 3 is 3.32 bits per heavy atom. The van der Waals surface area contributed by atoms with Crippen LogP contribution in [-0.4, -0.2) is 46.1 Å². The second-order valence-electron chi connectivity index (χ2n) is 5.67. The molecule has 0 saturated carbocycles. The average Bonchev–Trinajstić information content (AvgIpc) is 3.01. The summed E-state index contributed by atoms with van der Waals surface area (Å²) in [6.45, 7) is 1.96. The van der Waals surface area contributed by atoms with Crippen LogP contribution < -0.4 is 5.32 Å². The highest BCUT2D eigenvalue weighted by molar-refractivity contribution is 7.99. The van der Waals surface area contributed by atoms with E-state index < -0.39 is 0 Å². The van der Waals surface area contributed by atoms with Gasteiger partial charge in [0, 0.05) is 50.3 Å². The first-order valence-electron chi connectivity index (χ1n) is 7.19. The molecular formula is C14H23N3OS. The van der Waals surface area contributed by atoms with Crippen molar-refractivity contribution in [1.29, 1.82) is 0 Å². The molecule has 19 heavy (non-hydrogen) atoms. The van der Waals surface area contributed by atoms with Crippen LogP contribution in [0.4, 0.5) is 0 Å². The minimum atomic E-state index is 0.188. The van der Waals surface area contributed by atoms with E-state index in [1.165, 1.54) is 30.0 Å². The molecule has 1 aromatic heterocycles. The van der Waals surface area contributed by atoms with Gasteiger partial charge in [0.2, 0.25) is 0 Å². The smallest absolute Gasteiger partial charge is 0.0795 e. The highest BCUT2D eigenvalue weighted by Gasteiger charge is 2.40. The Bertz CT molecular complexity index is 415. The quantitative estimate of drug-likeness (QED) is 0.910. The molecule has 2 saturated heterocycles. The minimum Gasteiger partial charge on any atom is -0.374 e. The lowest BCUT2D eigenvalue weighted by molar-refractivity contribution is -0.0699. The summed E-state index contributed by atoms with van der Waals surface area (Å²) in [7, 11) is 2.01. The van der Waals surface area contributed by atoms with Crippen molar-refractivity contribution in [2.75, 3.05) is 24.7 Å². The Morgan fingerprint density at radius 1 is 1.63 bits per heavy atom. The van der Waals surface area contributed by atoms with Crippen molar-refractivity contribution in [2.24, 2.45) is 7.05 Å². The first kappa shape index (κ1) is 13.5. The molecule has 4 nitrogen and oxygen atoms in total. The third-order valence-electron chi connectivity index (χ3n) is 4.30. The van der Waals surface area contributed by atoms with Gasteiger partial charge < -0.3 is 10.1 Å². The van der Waals surface area contributed by atoms with Crippen LogP contribution in [0.25, 0.3) is 0 Å². The van der Waals surface area contributed by atoms with E-state index in [9.17, 15) is 0 Å². The van der Waals surface area contributed by atoms with Crippen molar-refractivity contribution < 1.29 is 4.74 Å². The Kier molecular flexibility index (Phi) is 4.15. The summed E-state index contributed by atoms with van der Waals surface area (Å²) in [5.41, 5.74) is 1.48. The maximum atomic E-state index is 6.05. The van der Waals surface area contributed by atoms with Crippen molar-refractivity contribution in [3.8, 4) is 0 Å². The Balaban J connectivity index is 1.46. The molecule has 0 aliphatic carbocycles.